The molecule has 0 saturated carbocycles. The van der Waals surface area contributed by atoms with E-state index >= 15 is 0 Å². The van der Waals surface area contributed by atoms with Crippen molar-refractivity contribution in [2.75, 3.05) is 33.3 Å². The molecule has 4 aromatic carbocycles. The van der Waals surface area contributed by atoms with E-state index in [0.29, 0.717) is 12.3 Å². The third-order valence-corrected chi connectivity index (χ3v) is 7.31. The van der Waals surface area contributed by atoms with E-state index in [1.54, 1.807) is 7.11 Å². The molecule has 4 nitrogen and oxygen atoms in total. The highest BCUT2D eigenvalue weighted by Gasteiger charge is 2.26. The van der Waals surface area contributed by atoms with Gasteiger partial charge in [-0.15, -0.1) is 0 Å². The summed E-state index contributed by atoms with van der Waals surface area (Å²) in [4.78, 5) is 18.1. The Morgan fingerprint density at radius 1 is 0.757 bits per heavy atom. The van der Waals surface area contributed by atoms with Crippen LogP contribution in [0, 0.1) is 0 Å². The van der Waals surface area contributed by atoms with Crippen molar-refractivity contribution in [1.29, 1.82) is 0 Å². The van der Waals surface area contributed by atoms with Gasteiger partial charge in [-0.2, -0.15) is 0 Å². The Morgan fingerprint density at radius 3 is 2.03 bits per heavy atom. The Bertz CT molecular complexity index is 1370. The van der Waals surface area contributed by atoms with Crippen LogP contribution < -0.4 is 10.2 Å². The van der Waals surface area contributed by atoms with E-state index in [9.17, 15) is 4.79 Å². The number of benzene rings is 3. The van der Waals surface area contributed by atoms with Crippen LogP contribution in [0.3, 0.4) is 0 Å². The second-order valence-corrected chi connectivity index (χ2v) is 9.84. The molecule has 1 atom stereocenters. The summed E-state index contributed by atoms with van der Waals surface area (Å²) in [7, 11) is 1.56. The zero-order valence-corrected chi connectivity index (χ0v) is 21.8. The van der Waals surface area contributed by atoms with Crippen molar-refractivity contribution in [3.63, 3.8) is 0 Å². The van der Waals surface area contributed by atoms with Crippen LogP contribution in [0.1, 0.15) is 22.7 Å². The smallest absolute Gasteiger partial charge is 0.224 e. The molecule has 0 amide bonds. The van der Waals surface area contributed by atoms with Gasteiger partial charge in [0.05, 0.1) is 13.2 Å². The van der Waals surface area contributed by atoms with Crippen molar-refractivity contribution in [3.8, 4) is 16.9 Å². The van der Waals surface area contributed by atoms with Gasteiger partial charge in [-0.25, -0.2) is 0 Å². The third kappa shape index (κ3) is 5.94. The second-order valence-electron chi connectivity index (χ2n) is 9.40. The van der Waals surface area contributed by atoms with Crippen molar-refractivity contribution >= 4 is 11.6 Å². The standard InChI is InChI=1S/C32H31ClN2O2/c1-37-30-22-27(24-8-4-2-5-9-24)12-13-28(32(30)36)23-34-18-20-35(21-19-34)31(25-10-6-3-7-11-25)26-14-16-29(33)17-15-26/h2-17,22,31H,18-21,23H2,1H3. The van der Waals surface area contributed by atoms with E-state index < -0.39 is 0 Å². The number of hydrogen-bond acceptors (Lipinski definition) is 4. The lowest BCUT2D eigenvalue weighted by atomic mass is 9.96. The highest BCUT2D eigenvalue weighted by Crippen LogP contribution is 2.30. The first-order valence-electron chi connectivity index (χ1n) is 12.7. The molecule has 1 saturated heterocycles. The minimum atomic E-state index is -0.0459. The number of nitrogens with zero attached hydrogens (tertiary/aromatic N) is 2. The summed E-state index contributed by atoms with van der Waals surface area (Å²) in [5.41, 5.74) is 5.25. The lowest BCUT2D eigenvalue weighted by molar-refractivity contribution is 0.104. The summed E-state index contributed by atoms with van der Waals surface area (Å²) in [6, 6.07) is 34.9. The van der Waals surface area contributed by atoms with E-state index in [-0.39, 0.29) is 11.5 Å². The van der Waals surface area contributed by atoms with Crippen LogP contribution in [0.25, 0.3) is 11.1 Å². The second kappa shape index (κ2) is 11.7. The third-order valence-electron chi connectivity index (χ3n) is 7.06. The molecular weight excluding hydrogens is 480 g/mol. The van der Waals surface area contributed by atoms with Crippen LogP contribution in [0.15, 0.2) is 108 Å². The fraction of sp³-hybridized carbons (Fsp3) is 0.219. The lowest BCUT2D eigenvalue weighted by Gasteiger charge is -2.39. The molecule has 1 unspecified atom stereocenters. The zero-order chi connectivity index (χ0) is 25.6. The lowest BCUT2D eigenvalue weighted by Crippen LogP contribution is -2.47. The van der Waals surface area contributed by atoms with Gasteiger partial charge >= 0.3 is 0 Å². The maximum Gasteiger partial charge on any atom is 0.224 e. The zero-order valence-electron chi connectivity index (χ0n) is 21.0. The molecule has 0 aromatic heterocycles. The molecule has 0 radical (unpaired) electrons. The highest BCUT2D eigenvalue weighted by atomic mass is 35.5. The first-order chi connectivity index (χ1) is 18.1. The van der Waals surface area contributed by atoms with Gasteiger partial charge in [-0.1, -0.05) is 96.5 Å². The minimum absolute atomic E-state index is 0.0459. The summed E-state index contributed by atoms with van der Waals surface area (Å²) < 4.78 is 5.50. The van der Waals surface area contributed by atoms with Gasteiger partial charge in [0.2, 0.25) is 5.43 Å². The molecular formula is C32H31ClN2O2. The van der Waals surface area contributed by atoms with Gasteiger partial charge in [-0.3, -0.25) is 14.6 Å². The van der Waals surface area contributed by atoms with E-state index in [2.05, 4.69) is 52.3 Å². The number of hydrogen-bond donors (Lipinski definition) is 0. The Kier molecular flexibility index (Phi) is 8.00. The predicted molar refractivity (Wildman–Crippen MR) is 151 cm³/mol. The molecule has 0 aliphatic carbocycles. The van der Waals surface area contributed by atoms with Crippen LogP contribution in [-0.4, -0.2) is 43.1 Å². The number of piperazine rings is 1. The molecule has 5 rings (SSSR count). The molecule has 188 valence electrons. The topological polar surface area (TPSA) is 32.8 Å². The van der Waals surface area contributed by atoms with E-state index in [1.165, 1.54) is 11.1 Å². The number of ether oxygens (including phenoxy) is 1. The molecule has 0 spiro atoms. The maximum absolute atomic E-state index is 13.3. The highest BCUT2D eigenvalue weighted by molar-refractivity contribution is 6.30. The van der Waals surface area contributed by atoms with E-state index in [1.807, 2.05) is 60.7 Å². The molecule has 1 fully saturated rings. The molecule has 1 aliphatic heterocycles. The summed E-state index contributed by atoms with van der Waals surface area (Å²) in [5.74, 6) is 0.379. The SMILES string of the molecule is COc1cc(-c2ccccc2)ccc(CN2CCN(C(c3ccccc3)c3ccc(Cl)cc3)CC2)c1=O. The van der Waals surface area contributed by atoms with Gasteiger partial charge in [0, 0.05) is 43.3 Å². The van der Waals surface area contributed by atoms with Gasteiger partial charge in [0.1, 0.15) is 0 Å². The van der Waals surface area contributed by atoms with Crippen molar-refractivity contribution < 1.29 is 4.74 Å². The average Bonchev–Trinajstić information content (AvgIpc) is 3.10. The van der Waals surface area contributed by atoms with E-state index in [4.69, 9.17) is 16.3 Å². The predicted octanol–water partition coefficient (Wildman–Crippen LogP) is 6.28. The summed E-state index contributed by atoms with van der Waals surface area (Å²) in [6.07, 6.45) is 0. The van der Waals surface area contributed by atoms with Crippen molar-refractivity contribution in [1.82, 2.24) is 9.80 Å². The molecule has 1 aliphatic rings. The molecule has 4 aromatic rings. The largest absolute Gasteiger partial charge is 0.493 e. The number of halogens is 1. The number of methoxy groups -OCH3 is 1. The Labute approximate surface area is 223 Å². The van der Waals surface area contributed by atoms with Crippen LogP contribution in [0.4, 0.5) is 0 Å². The maximum atomic E-state index is 13.3. The molecule has 5 heteroatoms. The van der Waals surface area contributed by atoms with Gasteiger partial charge in [-0.05, 0) is 40.5 Å². The van der Waals surface area contributed by atoms with Crippen LogP contribution in [-0.2, 0) is 6.54 Å². The van der Waals surface area contributed by atoms with Crippen molar-refractivity contribution in [3.05, 3.63) is 135 Å². The van der Waals surface area contributed by atoms with Crippen LogP contribution in [0.2, 0.25) is 5.02 Å². The monoisotopic (exact) mass is 510 g/mol. The van der Waals surface area contributed by atoms with Gasteiger partial charge in [0.25, 0.3) is 0 Å². The van der Waals surface area contributed by atoms with Crippen molar-refractivity contribution in [2.24, 2.45) is 0 Å². The van der Waals surface area contributed by atoms with E-state index in [0.717, 1.165) is 47.9 Å². The van der Waals surface area contributed by atoms with Crippen LogP contribution in [0.5, 0.6) is 5.75 Å². The molecule has 0 N–H and O–H groups in total. The first kappa shape index (κ1) is 25.2. The molecule has 37 heavy (non-hydrogen) atoms. The van der Waals surface area contributed by atoms with Gasteiger partial charge in [0.15, 0.2) is 5.75 Å². The fourth-order valence-corrected chi connectivity index (χ4v) is 5.21. The Hall–Kier alpha value is -3.44. The summed E-state index contributed by atoms with van der Waals surface area (Å²) in [6.45, 7) is 4.16. The first-order valence-corrected chi connectivity index (χ1v) is 13.0. The summed E-state index contributed by atoms with van der Waals surface area (Å²) >= 11 is 6.18. The Morgan fingerprint density at radius 2 is 1.38 bits per heavy atom. The van der Waals surface area contributed by atoms with Gasteiger partial charge < -0.3 is 4.74 Å². The van der Waals surface area contributed by atoms with Crippen LogP contribution >= 0.6 is 11.6 Å². The van der Waals surface area contributed by atoms with Crippen molar-refractivity contribution in [2.45, 2.75) is 12.6 Å². The molecule has 1 heterocycles. The Balaban J connectivity index is 1.34. The number of rotatable bonds is 7. The fourth-order valence-electron chi connectivity index (χ4n) is 5.08. The summed E-state index contributed by atoms with van der Waals surface area (Å²) in [5, 5.41) is 0.746. The minimum Gasteiger partial charge on any atom is -0.493 e. The average molecular weight is 511 g/mol. The quantitative estimate of drug-likeness (QED) is 0.293. The normalized spacial score (nSPS) is 15.3. The molecule has 0 bridgehead atoms.